The maximum atomic E-state index is 13.9. The first-order valence-corrected chi connectivity index (χ1v) is 19.6. The van der Waals surface area contributed by atoms with Crippen LogP contribution in [0.5, 0.6) is 5.75 Å². The van der Waals surface area contributed by atoms with Crippen molar-refractivity contribution in [2.24, 2.45) is 10.2 Å². The molecule has 59 heavy (non-hydrogen) atoms. The monoisotopic (exact) mass is 767 g/mol. The van der Waals surface area contributed by atoms with Crippen LogP contribution < -0.4 is 10.2 Å². The fourth-order valence-electron chi connectivity index (χ4n) is 7.41. The van der Waals surface area contributed by atoms with Crippen LogP contribution in [0.3, 0.4) is 0 Å². The van der Waals surface area contributed by atoms with Crippen LogP contribution in [0.2, 0.25) is 0 Å². The summed E-state index contributed by atoms with van der Waals surface area (Å²) in [7, 11) is 0. The lowest BCUT2D eigenvalue weighted by Gasteiger charge is -2.25. The highest BCUT2D eigenvalue weighted by atomic mass is 16.3. The molecular formula is C52H41N5O2. The molecule has 0 unspecified atom stereocenters. The Bertz CT molecular complexity index is 2990. The van der Waals surface area contributed by atoms with E-state index < -0.39 is 5.91 Å². The lowest BCUT2D eigenvalue weighted by atomic mass is 10.00. The molecule has 0 aliphatic carbocycles. The summed E-state index contributed by atoms with van der Waals surface area (Å²) >= 11 is 0. The van der Waals surface area contributed by atoms with E-state index in [4.69, 9.17) is 0 Å². The summed E-state index contributed by atoms with van der Waals surface area (Å²) in [6, 6.07) is 54.7. The molecule has 9 aromatic rings. The second-order valence-corrected chi connectivity index (χ2v) is 14.9. The molecule has 286 valence electrons. The molecule has 8 aromatic carbocycles. The minimum absolute atomic E-state index is 0.0987. The van der Waals surface area contributed by atoms with Gasteiger partial charge >= 0.3 is 0 Å². The van der Waals surface area contributed by atoms with E-state index in [1.54, 1.807) is 6.07 Å². The van der Waals surface area contributed by atoms with Crippen molar-refractivity contribution in [2.75, 3.05) is 10.2 Å². The average molecular weight is 768 g/mol. The zero-order valence-electron chi connectivity index (χ0n) is 32.9. The Morgan fingerprint density at radius 2 is 1.15 bits per heavy atom. The first-order chi connectivity index (χ1) is 28.8. The molecule has 0 aliphatic heterocycles. The van der Waals surface area contributed by atoms with E-state index in [-0.39, 0.29) is 17.0 Å². The summed E-state index contributed by atoms with van der Waals surface area (Å²) < 4.78 is 0. The van der Waals surface area contributed by atoms with Crippen LogP contribution in [0, 0.1) is 20.8 Å². The standard InChI is InChI=1S/C52H41N5O2/c1-33-8-21-40(22-9-33)55-56-50-48-38(20-31-45-44-6-4-5-7-47(44)54-49(45)48)32-46(51(50)58)52(59)53-39-23-16-36(17-24-39)14-15-37-18-29-43(30-19-37)57(41-25-10-34(2)11-26-41)42-27-12-35(3)13-28-42/h4-32,54,58H,1-3H3,(H,53,59). The molecule has 0 aliphatic rings. The number of phenols is 1. The van der Waals surface area contributed by atoms with Gasteiger partial charge in [-0.15, -0.1) is 5.11 Å². The van der Waals surface area contributed by atoms with E-state index in [0.717, 1.165) is 60.9 Å². The van der Waals surface area contributed by atoms with Crippen molar-refractivity contribution in [1.82, 2.24) is 4.98 Å². The molecule has 9 rings (SSSR count). The van der Waals surface area contributed by atoms with Crippen LogP contribution in [0.4, 0.5) is 34.1 Å². The van der Waals surface area contributed by atoms with Gasteiger partial charge < -0.3 is 20.3 Å². The molecule has 0 spiro atoms. The van der Waals surface area contributed by atoms with Crippen LogP contribution in [0.15, 0.2) is 174 Å². The molecule has 3 N–H and O–H groups in total. The van der Waals surface area contributed by atoms with Crippen LogP contribution in [0.1, 0.15) is 38.2 Å². The van der Waals surface area contributed by atoms with Crippen molar-refractivity contribution in [2.45, 2.75) is 20.8 Å². The number of carbonyl (C=O) groups excluding carboxylic acids is 1. The van der Waals surface area contributed by atoms with E-state index in [1.807, 2.05) is 91.9 Å². The van der Waals surface area contributed by atoms with Crippen molar-refractivity contribution >= 4 is 84.8 Å². The number of benzene rings is 8. The number of rotatable bonds is 9. The normalized spacial score (nSPS) is 11.6. The summed E-state index contributed by atoms with van der Waals surface area (Å²) in [6.45, 7) is 6.20. The first-order valence-electron chi connectivity index (χ1n) is 19.6. The van der Waals surface area contributed by atoms with Crippen molar-refractivity contribution in [3.8, 4) is 5.75 Å². The number of fused-ring (bicyclic) bond motifs is 5. The molecule has 0 saturated heterocycles. The highest BCUT2D eigenvalue weighted by molar-refractivity contribution is 6.22. The van der Waals surface area contributed by atoms with Gasteiger partial charge in [0.05, 0.1) is 16.8 Å². The van der Waals surface area contributed by atoms with Crippen LogP contribution in [-0.2, 0) is 0 Å². The zero-order chi connectivity index (χ0) is 40.5. The SMILES string of the molecule is Cc1ccc(N=Nc2c(O)c(C(=O)Nc3ccc(C=Cc4ccc(N(c5ccc(C)cc5)c5ccc(C)cc5)cc4)cc3)cc3ccc4c5ccccc5[nH]c4c23)cc1. The summed E-state index contributed by atoms with van der Waals surface area (Å²) in [5, 5.41) is 27.3. The summed E-state index contributed by atoms with van der Waals surface area (Å²) in [5.41, 5.74) is 12.2. The number of aromatic hydroxyl groups is 1. The lowest BCUT2D eigenvalue weighted by molar-refractivity contribution is 0.102. The molecule has 0 fully saturated rings. The smallest absolute Gasteiger partial charge is 0.259 e. The van der Waals surface area contributed by atoms with Gasteiger partial charge in [-0.25, -0.2) is 0 Å². The number of amides is 1. The van der Waals surface area contributed by atoms with E-state index in [9.17, 15) is 9.90 Å². The predicted octanol–water partition coefficient (Wildman–Crippen LogP) is 14.4. The summed E-state index contributed by atoms with van der Waals surface area (Å²) in [5.74, 6) is -0.704. The number of carbonyl (C=O) groups is 1. The Hall–Kier alpha value is -7.77. The number of nitrogens with one attached hydrogen (secondary N) is 2. The van der Waals surface area contributed by atoms with Crippen molar-refractivity contribution in [3.63, 3.8) is 0 Å². The van der Waals surface area contributed by atoms with Gasteiger partial charge in [0.2, 0.25) is 0 Å². The average Bonchev–Trinajstić information content (AvgIpc) is 3.64. The van der Waals surface area contributed by atoms with Crippen LogP contribution in [-0.4, -0.2) is 16.0 Å². The minimum atomic E-state index is -0.457. The number of phenolic OH excluding ortho intramolecular Hbond substituents is 1. The largest absolute Gasteiger partial charge is 0.505 e. The van der Waals surface area contributed by atoms with Gasteiger partial charge in [-0.05, 0) is 110 Å². The number of aromatic nitrogens is 1. The van der Waals surface area contributed by atoms with Gasteiger partial charge in [0, 0.05) is 44.4 Å². The van der Waals surface area contributed by atoms with Crippen LogP contribution in [0.25, 0.3) is 44.7 Å². The van der Waals surface area contributed by atoms with Gasteiger partial charge in [0.1, 0.15) is 5.69 Å². The molecule has 1 amide bonds. The molecule has 0 radical (unpaired) electrons. The molecule has 1 heterocycles. The van der Waals surface area contributed by atoms with Gasteiger partial charge in [0.25, 0.3) is 5.91 Å². The third-order valence-corrected chi connectivity index (χ3v) is 10.6. The van der Waals surface area contributed by atoms with Gasteiger partial charge in [-0.3, -0.25) is 4.79 Å². The Labute approximate surface area is 342 Å². The summed E-state index contributed by atoms with van der Waals surface area (Å²) in [4.78, 5) is 19.6. The van der Waals surface area contributed by atoms with E-state index in [1.165, 1.54) is 11.1 Å². The number of hydrogen-bond donors (Lipinski definition) is 3. The molecule has 7 nitrogen and oxygen atoms in total. The lowest BCUT2D eigenvalue weighted by Crippen LogP contribution is -2.12. The number of H-pyrrole nitrogens is 1. The van der Waals surface area contributed by atoms with Gasteiger partial charge in [0.15, 0.2) is 5.75 Å². The molecule has 0 saturated carbocycles. The van der Waals surface area contributed by atoms with Crippen molar-refractivity contribution < 1.29 is 9.90 Å². The van der Waals surface area contributed by atoms with E-state index >= 15 is 0 Å². The first kappa shape index (κ1) is 36.8. The quantitative estimate of drug-likeness (QED) is 0.101. The van der Waals surface area contributed by atoms with E-state index in [0.29, 0.717) is 16.8 Å². The highest BCUT2D eigenvalue weighted by Crippen LogP contribution is 2.44. The predicted molar refractivity (Wildman–Crippen MR) is 244 cm³/mol. The Balaban J connectivity index is 0.961. The number of aromatic amines is 1. The van der Waals surface area contributed by atoms with Gasteiger partial charge in [-0.1, -0.05) is 120 Å². The van der Waals surface area contributed by atoms with Gasteiger partial charge in [-0.2, -0.15) is 5.11 Å². The van der Waals surface area contributed by atoms with Crippen molar-refractivity contribution in [1.29, 1.82) is 0 Å². The maximum Gasteiger partial charge on any atom is 0.259 e. The molecule has 0 bridgehead atoms. The maximum absolute atomic E-state index is 13.9. The number of azo groups is 1. The zero-order valence-corrected chi connectivity index (χ0v) is 32.9. The second-order valence-electron chi connectivity index (χ2n) is 14.9. The fourth-order valence-corrected chi connectivity index (χ4v) is 7.41. The molecule has 1 aromatic heterocycles. The number of hydrogen-bond acceptors (Lipinski definition) is 5. The van der Waals surface area contributed by atoms with Crippen molar-refractivity contribution in [3.05, 3.63) is 197 Å². The molecular weight excluding hydrogens is 727 g/mol. The van der Waals surface area contributed by atoms with E-state index in [2.05, 4.69) is 124 Å². The number of nitrogens with zero attached hydrogens (tertiary/aromatic N) is 3. The number of anilines is 4. The minimum Gasteiger partial charge on any atom is -0.505 e. The third-order valence-electron chi connectivity index (χ3n) is 10.6. The third kappa shape index (κ3) is 7.57. The highest BCUT2D eigenvalue weighted by Gasteiger charge is 2.22. The second kappa shape index (κ2) is 15.6. The topological polar surface area (TPSA) is 93.1 Å². The summed E-state index contributed by atoms with van der Waals surface area (Å²) in [6.07, 6.45) is 4.12. The Kier molecular flexibility index (Phi) is 9.77. The number of para-hydroxylation sites is 1. The Morgan fingerprint density at radius 1 is 0.610 bits per heavy atom. The Morgan fingerprint density at radius 3 is 1.76 bits per heavy atom. The number of aryl methyl sites for hydroxylation is 3. The molecule has 0 atom stereocenters. The molecule has 7 heteroatoms. The fraction of sp³-hybridized carbons (Fsp3) is 0.0577. The van der Waals surface area contributed by atoms with Crippen LogP contribution >= 0.6 is 0 Å².